The lowest BCUT2D eigenvalue weighted by Crippen LogP contribution is -2.31. The molecule has 118 valence electrons. The van der Waals surface area contributed by atoms with Gasteiger partial charge in [-0.2, -0.15) is 0 Å². The Bertz CT molecular complexity index is 678. The first kappa shape index (κ1) is 17.2. The van der Waals surface area contributed by atoms with Crippen LogP contribution in [0.5, 0.6) is 11.5 Å². The summed E-state index contributed by atoms with van der Waals surface area (Å²) in [4.78, 5) is 3.61. The molecule has 1 aliphatic rings. The van der Waals surface area contributed by atoms with Crippen LogP contribution in [0.4, 0.5) is 0 Å². The fourth-order valence-electron chi connectivity index (χ4n) is 3.06. The first-order valence-electron chi connectivity index (χ1n) is 6.96. The molecule has 1 aliphatic heterocycles. The van der Waals surface area contributed by atoms with Gasteiger partial charge in [0.05, 0.1) is 0 Å². The Morgan fingerprint density at radius 3 is 2.59 bits per heavy atom. The molecule has 0 spiro atoms. The Morgan fingerprint density at radius 2 is 1.91 bits per heavy atom. The number of nitrogens with zero attached hydrogens (tertiary/aromatic N) is 1. The molecule has 0 saturated carbocycles. The van der Waals surface area contributed by atoms with Crippen LogP contribution in [0.2, 0.25) is 0 Å². The van der Waals surface area contributed by atoms with Gasteiger partial charge in [0.1, 0.15) is 0 Å². The predicted molar refractivity (Wildman–Crippen MR) is 96.5 cm³/mol. The maximum atomic E-state index is 9.78. The zero-order valence-electron chi connectivity index (χ0n) is 12.6. The van der Waals surface area contributed by atoms with E-state index in [0.29, 0.717) is 0 Å². The summed E-state index contributed by atoms with van der Waals surface area (Å²) in [5, 5.41) is 19.3. The molecule has 0 bridgehead atoms. The van der Waals surface area contributed by atoms with Crippen LogP contribution < -0.4 is 0 Å². The lowest BCUT2D eigenvalue weighted by molar-refractivity contribution is 0.292. The fraction of sp³-hybridized carbons (Fsp3) is 0.294. The second-order valence-corrected chi connectivity index (χ2v) is 6.37. The molecule has 1 heterocycles. The third-order valence-corrected chi connectivity index (χ3v) is 4.91. The molecular formula is C17H20BrNO2S. The van der Waals surface area contributed by atoms with Gasteiger partial charge in [0.15, 0.2) is 11.5 Å². The molecule has 0 aliphatic carbocycles. The van der Waals surface area contributed by atoms with Crippen molar-refractivity contribution in [2.24, 2.45) is 0 Å². The van der Waals surface area contributed by atoms with Crippen molar-refractivity contribution in [1.82, 2.24) is 4.90 Å². The SMILES string of the molecule is Br.CSc1cccc2c1CN(C)CC2c1ccc(O)c(O)c1. The number of halogens is 1. The van der Waals surface area contributed by atoms with Crippen molar-refractivity contribution in [1.29, 1.82) is 0 Å². The number of phenolic OH excluding ortho intramolecular Hbond substituents is 2. The first-order chi connectivity index (χ1) is 10.1. The van der Waals surface area contributed by atoms with Crippen molar-refractivity contribution >= 4 is 28.7 Å². The van der Waals surface area contributed by atoms with Gasteiger partial charge in [-0.05, 0) is 48.2 Å². The van der Waals surface area contributed by atoms with Crippen LogP contribution in [0, 0.1) is 0 Å². The third kappa shape index (κ3) is 3.12. The third-order valence-electron chi connectivity index (χ3n) is 4.09. The molecule has 0 aromatic heterocycles. The minimum atomic E-state index is -0.0685. The number of phenols is 2. The van der Waals surface area contributed by atoms with Gasteiger partial charge in [-0.3, -0.25) is 0 Å². The summed E-state index contributed by atoms with van der Waals surface area (Å²) in [6.07, 6.45) is 2.10. The van der Waals surface area contributed by atoms with Crippen LogP contribution in [0.3, 0.4) is 0 Å². The van der Waals surface area contributed by atoms with Crippen LogP contribution in [0.1, 0.15) is 22.6 Å². The van der Waals surface area contributed by atoms with Crippen molar-refractivity contribution < 1.29 is 10.2 Å². The van der Waals surface area contributed by atoms with Crippen molar-refractivity contribution in [2.75, 3.05) is 19.8 Å². The van der Waals surface area contributed by atoms with Crippen LogP contribution in [-0.2, 0) is 6.54 Å². The number of hydrogen-bond donors (Lipinski definition) is 2. The van der Waals surface area contributed by atoms with Gasteiger partial charge in [-0.1, -0.05) is 18.2 Å². The van der Waals surface area contributed by atoms with E-state index in [2.05, 4.69) is 36.4 Å². The first-order valence-corrected chi connectivity index (χ1v) is 8.19. The highest BCUT2D eigenvalue weighted by atomic mass is 79.9. The molecule has 1 atom stereocenters. The molecule has 5 heteroatoms. The molecule has 0 radical (unpaired) electrons. The van der Waals surface area contributed by atoms with Gasteiger partial charge >= 0.3 is 0 Å². The molecule has 1 unspecified atom stereocenters. The molecule has 0 fully saturated rings. The monoisotopic (exact) mass is 381 g/mol. The second kappa shape index (κ2) is 6.94. The standard InChI is InChI=1S/C17H19NO2S.BrH/c1-18-9-13(11-6-7-15(19)16(20)8-11)12-4-3-5-17(21-2)14(12)10-18;/h3-8,13,19-20H,9-10H2,1-2H3;1H. The number of thioether (sulfide) groups is 1. The Morgan fingerprint density at radius 1 is 1.14 bits per heavy atom. The second-order valence-electron chi connectivity index (χ2n) is 5.53. The maximum Gasteiger partial charge on any atom is 0.157 e. The van der Waals surface area contributed by atoms with E-state index in [1.807, 2.05) is 6.07 Å². The van der Waals surface area contributed by atoms with Gasteiger partial charge in [-0.25, -0.2) is 0 Å². The number of benzene rings is 2. The molecular weight excluding hydrogens is 362 g/mol. The Hall–Kier alpha value is -1.17. The average molecular weight is 382 g/mol. The molecule has 0 amide bonds. The summed E-state index contributed by atoms with van der Waals surface area (Å²) in [5.41, 5.74) is 3.73. The number of likely N-dealkylation sites (N-methyl/N-ethyl adjacent to an activating group) is 1. The van der Waals surface area contributed by atoms with E-state index in [9.17, 15) is 10.2 Å². The number of fused-ring (bicyclic) bond motifs is 1. The summed E-state index contributed by atoms with van der Waals surface area (Å²) < 4.78 is 0. The van der Waals surface area contributed by atoms with E-state index in [0.717, 1.165) is 18.7 Å². The largest absolute Gasteiger partial charge is 0.504 e. The molecule has 3 rings (SSSR count). The number of rotatable bonds is 2. The van der Waals surface area contributed by atoms with Gasteiger partial charge in [0.2, 0.25) is 0 Å². The fourth-order valence-corrected chi connectivity index (χ4v) is 3.70. The van der Waals surface area contributed by atoms with Crippen LogP contribution in [0.15, 0.2) is 41.3 Å². The van der Waals surface area contributed by atoms with Gasteiger partial charge in [0.25, 0.3) is 0 Å². The van der Waals surface area contributed by atoms with E-state index in [1.54, 1.807) is 23.9 Å². The number of hydrogen-bond acceptors (Lipinski definition) is 4. The highest BCUT2D eigenvalue weighted by Crippen LogP contribution is 2.39. The van der Waals surface area contributed by atoms with Crippen LogP contribution >= 0.6 is 28.7 Å². The topological polar surface area (TPSA) is 43.7 Å². The van der Waals surface area contributed by atoms with Crippen molar-refractivity contribution in [3.63, 3.8) is 0 Å². The lowest BCUT2D eigenvalue weighted by Gasteiger charge is -2.33. The molecule has 2 aromatic rings. The van der Waals surface area contributed by atoms with E-state index in [4.69, 9.17) is 0 Å². The summed E-state index contributed by atoms with van der Waals surface area (Å²) >= 11 is 1.77. The van der Waals surface area contributed by atoms with Crippen molar-refractivity contribution in [2.45, 2.75) is 17.4 Å². The van der Waals surface area contributed by atoms with E-state index in [1.165, 1.54) is 16.0 Å². The quantitative estimate of drug-likeness (QED) is 0.609. The average Bonchev–Trinajstić information content (AvgIpc) is 2.48. The molecule has 22 heavy (non-hydrogen) atoms. The highest BCUT2D eigenvalue weighted by molar-refractivity contribution is 8.93. The summed E-state index contributed by atoms with van der Waals surface area (Å²) in [6, 6.07) is 11.6. The summed E-state index contributed by atoms with van der Waals surface area (Å²) in [6.45, 7) is 1.86. The highest BCUT2D eigenvalue weighted by Gasteiger charge is 2.26. The predicted octanol–water partition coefficient (Wildman–Crippen LogP) is 3.97. The van der Waals surface area contributed by atoms with Gasteiger partial charge in [0, 0.05) is 23.9 Å². The summed E-state index contributed by atoms with van der Waals surface area (Å²) in [5.74, 6) is 0.0987. The molecule has 3 nitrogen and oxygen atoms in total. The lowest BCUT2D eigenvalue weighted by atomic mass is 9.84. The Labute approximate surface area is 145 Å². The van der Waals surface area contributed by atoms with E-state index in [-0.39, 0.29) is 34.4 Å². The maximum absolute atomic E-state index is 9.78. The normalized spacial score (nSPS) is 17.6. The summed E-state index contributed by atoms with van der Waals surface area (Å²) in [7, 11) is 2.12. The molecule has 0 saturated heterocycles. The van der Waals surface area contributed by atoms with Gasteiger partial charge in [-0.15, -0.1) is 28.7 Å². The van der Waals surface area contributed by atoms with Crippen molar-refractivity contribution in [3.05, 3.63) is 53.1 Å². The Balaban J connectivity index is 0.00000176. The smallest absolute Gasteiger partial charge is 0.157 e. The van der Waals surface area contributed by atoms with Crippen molar-refractivity contribution in [3.8, 4) is 11.5 Å². The zero-order valence-corrected chi connectivity index (χ0v) is 15.1. The molecule has 2 aromatic carbocycles. The van der Waals surface area contributed by atoms with Crippen LogP contribution in [0.25, 0.3) is 0 Å². The minimum absolute atomic E-state index is 0. The molecule has 2 N–H and O–H groups in total. The number of aromatic hydroxyl groups is 2. The van der Waals surface area contributed by atoms with E-state index < -0.39 is 0 Å². The van der Waals surface area contributed by atoms with Crippen LogP contribution in [-0.4, -0.2) is 35.0 Å². The van der Waals surface area contributed by atoms with Gasteiger partial charge < -0.3 is 15.1 Å². The minimum Gasteiger partial charge on any atom is -0.504 e. The van der Waals surface area contributed by atoms with E-state index >= 15 is 0 Å². The zero-order chi connectivity index (χ0) is 15.0. The Kier molecular flexibility index (Phi) is 5.42.